The molecule has 0 aromatic heterocycles. The molecule has 0 radical (unpaired) electrons. The molecule has 8 heteroatoms. The van der Waals surface area contributed by atoms with Crippen LogP contribution in [0.1, 0.15) is 43.2 Å². The van der Waals surface area contributed by atoms with Crippen molar-refractivity contribution in [3.63, 3.8) is 0 Å². The Bertz CT molecular complexity index is 806. The number of benzene rings is 1. The summed E-state index contributed by atoms with van der Waals surface area (Å²) < 4.78 is 0. The fourth-order valence-corrected chi connectivity index (χ4v) is 6.34. The molecule has 3 heterocycles. The molecule has 1 fully saturated rings. The summed E-state index contributed by atoms with van der Waals surface area (Å²) in [5.41, 5.74) is 4.10. The fourth-order valence-electron chi connectivity index (χ4n) is 4.42. The van der Waals surface area contributed by atoms with Crippen LogP contribution in [0.2, 0.25) is 0 Å². The molecular weight excluding hydrogens is 443 g/mol. The zero-order valence-electron chi connectivity index (χ0n) is 16.4. The van der Waals surface area contributed by atoms with E-state index in [1.165, 1.54) is 48.9 Å². The van der Waals surface area contributed by atoms with E-state index in [-0.39, 0.29) is 24.8 Å². The summed E-state index contributed by atoms with van der Waals surface area (Å²) in [6.07, 6.45) is 6.92. The van der Waals surface area contributed by atoms with E-state index < -0.39 is 0 Å². The van der Waals surface area contributed by atoms with E-state index in [9.17, 15) is 0 Å². The van der Waals surface area contributed by atoms with Gasteiger partial charge in [-0.15, -0.1) is 24.8 Å². The molecule has 1 aliphatic carbocycles. The summed E-state index contributed by atoms with van der Waals surface area (Å²) in [5, 5.41) is 8.11. The Balaban J connectivity index is 0.00000120. The standard InChI is InChI=1S/C21H26N4S2.2ClH/c1-2-6-15(7-3-1)19-11-22-20(24-19)26-13-18-14-27-21-23-10-16-8-4-5-9-17(16)12-25(18)21;;/h4-5,8-9,14-15,19H,1-3,6-7,10-13H2,(H,22,24);2*1H. The van der Waals surface area contributed by atoms with Gasteiger partial charge in [-0.25, -0.2) is 0 Å². The highest BCUT2D eigenvalue weighted by atomic mass is 35.5. The monoisotopic (exact) mass is 470 g/mol. The molecule has 1 unspecified atom stereocenters. The Morgan fingerprint density at radius 3 is 2.72 bits per heavy atom. The molecule has 1 N–H and O–H groups in total. The summed E-state index contributed by atoms with van der Waals surface area (Å²) in [4.78, 5) is 12.2. The highest BCUT2D eigenvalue weighted by molar-refractivity contribution is 8.17. The van der Waals surface area contributed by atoms with Crippen molar-refractivity contribution in [3.05, 3.63) is 46.5 Å². The van der Waals surface area contributed by atoms with Gasteiger partial charge in [0.25, 0.3) is 0 Å². The number of fused-ring (bicyclic) bond motifs is 2. The first-order chi connectivity index (χ1) is 13.4. The van der Waals surface area contributed by atoms with Crippen LogP contribution in [0, 0.1) is 5.92 Å². The van der Waals surface area contributed by atoms with Gasteiger partial charge in [0.1, 0.15) is 0 Å². The lowest BCUT2D eigenvalue weighted by atomic mass is 9.84. The average Bonchev–Trinajstić information content (AvgIpc) is 3.29. The minimum Gasteiger partial charge on any atom is -0.363 e. The first-order valence-electron chi connectivity index (χ1n) is 10.1. The number of halogens is 2. The van der Waals surface area contributed by atoms with Crippen LogP contribution >= 0.6 is 48.3 Å². The second-order valence-corrected chi connectivity index (χ2v) is 9.55. The summed E-state index contributed by atoms with van der Waals surface area (Å²) in [5.74, 6) is 1.75. The molecule has 1 aromatic rings. The Morgan fingerprint density at radius 2 is 1.90 bits per heavy atom. The van der Waals surface area contributed by atoms with Gasteiger partial charge in [-0.05, 0) is 35.3 Å². The second kappa shape index (κ2) is 10.5. The maximum absolute atomic E-state index is 5.02. The lowest BCUT2D eigenvalue weighted by Gasteiger charge is -2.24. The van der Waals surface area contributed by atoms with Crippen molar-refractivity contribution < 1.29 is 0 Å². The van der Waals surface area contributed by atoms with E-state index in [1.807, 2.05) is 11.8 Å². The third-order valence-corrected chi connectivity index (χ3v) is 7.92. The zero-order chi connectivity index (χ0) is 18.1. The van der Waals surface area contributed by atoms with E-state index >= 15 is 0 Å². The number of nitrogens with zero attached hydrogens (tertiary/aromatic N) is 3. The van der Waals surface area contributed by atoms with Crippen molar-refractivity contribution in [2.75, 3.05) is 12.3 Å². The van der Waals surface area contributed by atoms with Gasteiger partial charge in [0.2, 0.25) is 0 Å². The Morgan fingerprint density at radius 1 is 1.10 bits per heavy atom. The molecule has 5 rings (SSSR count). The molecule has 1 atom stereocenters. The SMILES string of the molecule is C1=C(CSC2=NC(C3CCCCC3)CN2)N2Cc3ccccc3CN=C2S1.Cl.Cl. The molecule has 1 saturated carbocycles. The van der Waals surface area contributed by atoms with Gasteiger partial charge in [0, 0.05) is 18.0 Å². The lowest BCUT2D eigenvalue weighted by molar-refractivity contribution is 0.312. The summed E-state index contributed by atoms with van der Waals surface area (Å²) in [7, 11) is 0. The van der Waals surface area contributed by atoms with Crippen LogP contribution in [0.25, 0.3) is 0 Å². The quantitative estimate of drug-likeness (QED) is 0.638. The van der Waals surface area contributed by atoms with Crippen molar-refractivity contribution >= 4 is 58.7 Å². The molecule has 1 aromatic carbocycles. The van der Waals surface area contributed by atoms with Gasteiger partial charge in [0.15, 0.2) is 10.3 Å². The van der Waals surface area contributed by atoms with E-state index in [1.54, 1.807) is 11.8 Å². The molecule has 0 amide bonds. The first-order valence-corrected chi connectivity index (χ1v) is 11.9. The molecule has 0 bridgehead atoms. The van der Waals surface area contributed by atoms with Gasteiger partial charge in [-0.1, -0.05) is 67.1 Å². The van der Waals surface area contributed by atoms with Crippen molar-refractivity contribution in [2.45, 2.75) is 51.2 Å². The van der Waals surface area contributed by atoms with E-state index in [4.69, 9.17) is 9.98 Å². The third kappa shape index (κ3) is 5.09. The zero-order valence-corrected chi connectivity index (χ0v) is 19.6. The fraction of sp³-hybridized carbons (Fsp3) is 0.524. The molecular formula is C21H28Cl2N4S2. The Kier molecular flexibility index (Phi) is 8.25. The van der Waals surface area contributed by atoms with Gasteiger partial charge >= 0.3 is 0 Å². The number of amidine groups is 2. The maximum Gasteiger partial charge on any atom is 0.168 e. The molecule has 158 valence electrons. The van der Waals surface area contributed by atoms with Crippen molar-refractivity contribution in [2.24, 2.45) is 15.9 Å². The molecule has 4 aliphatic rings. The third-order valence-electron chi connectivity index (χ3n) is 6.01. The minimum atomic E-state index is 0. The molecule has 4 nitrogen and oxygen atoms in total. The summed E-state index contributed by atoms with van der Waals surface area (Å²) >= 11 is 3.62. The van der Waals surface area contributed by atoms with E-state index in [0.717, 1.165) is 41.6 Å². The van der Waals surface area contributed by atoms with E-state index in [2.05, 4.69) is 39.9 Å². The largest absolute Gasteiger partial charge is 0.363 e. The molecule has 29 heavy (non-hydrogen) atoms. The normalized spacial score (nSPS) is 23.4. The molecule has 0 spiro atoms. The average molecular weight is 472 g/mol. The van der Waals surface area contributed by atoms with Gasteiger partial charge in [-0.2, -0.15) is 0 Å². The number of aliphatic imine (C=N–C) groups is 2. The second-order valence-electron chi connectivity index (χ2n) is 7.75. The van der Waals surface area contributed by atoms with Crippen LogP contribution in [0.5, 0.6) is 0 Å². The van der Waals surface area contributed by atoms with Crippen molar-refractivity contribution in [1.29, 1.82) is 0 Å². The van der Waals surface area contributed by atoms with Gasteiger partial charge in [0.05, 0.1) is 19.1 Å². The number of hydrogen-bond acceptors (Lipinski definition) is 6. The number of nitrogens with one attached hydrogen (secondary N) is 1. The molecule has 3 aliphatic heterocycles. The van der Waals surface area contributed by atoms with Crippen molar-refractivity contribution in [3.8, 4) is 0 Å². The van der Waals surface area contributed by atoms with E-state index in [0.29, 0.717) is 6.04 Å². The van der Waals surface area contributed by atoms with Crippen LogP contribution in [-0.2, 0) is 13.1 Å². The smallest absolute Gasteiger partial charge is 0.168 e. The predicted molar refractivity (Wildman–Crippen MR) is 132 cm³/mol. The topological polar surface area (TPSA) is 40.0 Å². The maximum atomic E-state index is 5.02. The van der Waals surface area contributed by atoms with Crippen molar-refractivity contribution in [1.82, 2.24) is 10.2 Å². The highest BCUT2D eigenvalue weighted by Gasteiger charge is 2.29. The Labute approximate surface area is 194 Å². The number of hydrogen-bond donors (Lipinski definition) is 1. The lowest BCUT2D eigenvalue weighted by Crippen LogP contribution is -2.27. The van der Waals surface area contributed by atoms with Crippen LogP contribution in [0.3, 0.4) is 0 Å². The minimum absolute atomic E-state index is 0. The summed E-state index contributed by atoms with van der Waals surface area (Å²) in [6, 6.07) is 9.18. The predicted octanol–water partition coefficient (Wildman–Crippen LogP) is 5.43. The number of thioether (sulfide) groups is 2. The van der Waals surface area contributed by atoms with Gasteiger partial charge < -0.3 is 10.2 Å². The Hall–Kier alpha value is -0.820. The van der Waals surface area contributed by atoms with Crippen LogP contribution in [0.4, 0.5) is 0 Å². The van der Waals surface area contributed by atoms with Crippen LogP contribution < -0.4 is 5.32 Å². The van der Waals surface area contributed by atoms with Crippen LogP contribution in [0.15, 0.2) is 45.4 Å². The molecule has 0 saturated heterocycles. The summed E-state index contributed by atoms with van der Waals surface area (Å²) in [6.45, 7) is 2.75. The van der Waals surface area contributed by atoms with Gasteiger partial charge in [-0.3, -0.25) is 9.98 Å². The van der Waals surface area contributed by atoms with Crippen LogP contribution in [-0.4, -0.2) is 33.6 Å². The first kappa shape index (κ1) is 22.9. The highest BCUT2D eigenvalue weighted by Crippen LogP contribution is 2.34. The number of rotatable bonds is 3.